The van der Waals surface area contributed by atoms with Crippen LogP contribution in [0.5, 0.6) is 0 Å². The van der Waals surface area contributed by atoms with E-state index < -0.39 is 0 Å². The number of nitrogens with one attached hydrogen (secondary N) is 1. The van der Waals surface area contributed by atoms with Gasteiger partial charge < -0.3 is 5.32 Å². The Hall–Kier alpha value is -1.36. The molecule has 0 fully saturated rings. The Balaban J connectivity index is 2.47. The second-order valence-electron chi connectivity index (χ2n) is 3.40. The predicted octanol–water partition coefficient (Wildman–Crippen LogP) is 1.69. The summed E-state index contributed by atoms with van der Waals surface area (Å²) in [5.74, 6) is -0.00176. The summed E-state index contributed by atoms with van der Waals surface area (Å²) in [5, 5.41) is 8.16. The van der Waals surface area contributed by atoms with Crippen molar-refractivity contribution in [3.63, 3.8) is 0 Å². The summed E-state index contributed by atoms with van der Waals surface area (Å²) in [6.45, 7) is 4.53. The van der Waals surface area contributed by atoms with E-state index in [-0.39, 0.29) is 5.91 Å². The van der Waals surface area contributed by atoms with Crippen LogP contribution in [0.15, 0.2) is 6.07 Å². The second-order valence-corrected chi connectivity index (χ2v) is 4.43. The lowest BCUT2D eigenvalue weighted by Crippen LogP contribution is -2.21. The van der Waals surface area contributed by atoms with E-state index in [1.165, 1.54) is 11.3 Å². The summed E-state index contributed by atoms with van der Waals surface area (Å²) in [5.41, 5.74) is 0.972. The zero-order valence-electron chi connectivity index (χ0n) is 9.00. The molecule has 0 atom stereocenters. The summed E-state index contributed by atoms with van der Waals surface area (Å²) in [4.78, 5) is 13.4. The molecule has 2 rings (SSSR count). The van der Waals surface area contributed by atoms with Gasteiger partial charge in [-0.1, -0.05) is 0 Å². The fraction of sp³-hybridized carbons (Fsp3) is 0.400. The van der Waals surface area contributed by atoms with E-state index in [2.05, 4.69) is 10.4 Å². The van der Waals surface area contributed by atoms with Crippen molar-refractivity contribution < 1.29 is 4.79 Å². The predicted molar refractivity (Wildman–Crippen MR) is 61.3 cm³/mol. The molecule has 0 spiro atoms. The number of carbonyl (C=O) groups is 1. The van der Waals surface area contributed by atoms with Gasteiger partial charge in [-0.3, -0.25) is 9.48 Å². The lowest BCUT2D eigenvalue weighted by Gasteiger charge is -1.96. The molecule has 0 saturated heterocycles. The average Bonchev–Trinajstić information content (AvgIpc) is 2.70. The zero-order valence-corrected chi connectivity index (χ0v) is 9.81. The van der Waals surface area contributed by atoms with Crippen molar-refractivity contribution in [2.75, 3.05) is 6.54 Å². The van der Waals surface area contributed by atoms with Gasteiger partial charge in [-0.05, 0) is 19.9 Å². The Kier molecular flexibility index (Phi) is 2.48. The second kappa shape index (κ2) is 3.66. The third kappa shape index (κ3) is 1.63. The summed E-state index contributed by atoms with van der Waals surface area (Å²) < 4.78 is 1.82. The highest BCUT2D eigenvalue weighted by molar-refractivity contribution is 7.20. The average molecular weight is 223 g/mol. The molecule has 1 N–H and O–H groups in total. The maximum Gasteiger partial charge on any atom is 0.261 e. The lowest BCUT2D eigenvalue weighted by atomic mass is 10.3. The molecular formula is C10H13N3OS. The van der Waals surface area contributed by atoms with Crippen LogP contribution in [-0.2, 0) is 7.05 Å². The molecule has 0 aromatic carbocycles. The number of fused-ring (bicyclic) bond motifs is 1. The van der Waals surface area contributed by atoms with Crippen LogP contribution in [-0.4, -0.2) is 22.2 Å². The van der Waals surface area contributed by atoms with Crippen molar-refractivity contribution in [1.29, 1.82) is 0 Å². The van der Waals surface area contributed by atoms with Gasteiger partial charge in [0.05, 0.1) is 10.6 Å². The van der Waals surface area contributed by atoms with Gasteiger partial charge in [0, 0.05) is 19.0 Å². The van der Waals surface area contributed by atoms with E-state index in [9.17, 15) is 4.79 Å². The van der Waals surface area contributed by atoms with Crippen LogP contribution in [0.4, 0.5) is 0 Å². The topological polar surface area (TPSA) is 46.9 Å². The van der Waals surface area contributed by atoms with Gasteiger partial charge >= 0.3 is 0 Å². The van der Waals surface area contributed by atoms with Crippen LogP contribution in [0.1, 0.15) is 22.3 Å². The minimum absolute atomic E-state index is 0.00176. The molecule has 2 aromatic heterocycles. The van der Waals surface area contributed by atoms with Gasteiger partial charge in [0.1, 0.15) is 4.83 Å². The molecule has 0 aliphatic carbocycles. The highest BCUT2D eigenvalue weighted by atomic mass is 32.1. The van der Waals surface area contributed by atoms with Crippen LogP contribution in [0.25, 0.3) is 10.2 Å². The Labute approximate surface area is 91.9 Å². The largest absolute Gasteiger partial charge is 0.352 e. The molecule has 0 unspecified atom stereocenters. The summed E-state index contributed by atoms with van der Waals surface area (Å²) in [7, 11) is 1.90. The minimum Gasteiger partial charge on any atom is -0.352 e. The molecular weight excluding hydrogens is 210 g/mol. The molecule has 0 aliphatic heterocycles. The smallest absolute Gasteiger partial charge is 0.261 e. The molecule has 15 heavy (non-hydrogen) atoms. The summed E-state index contributed by atoms with van der Waals surface area (Å²) in [6, 6.07) is 1.91. The molecule has 80 valence electrons. The lowest BCUT2D eigenvalue weighted by molar-refractivity contribution is 0.0960. The van der Waals surface area contributed by atoms with Gasteiger partial charge in [-0.25, -0.2) is 0 Å². The number of amides is 1. The SMILES string of the molecule is CCNC(=O)c1cc2c(C)nn(C)c2s1. The van der Waals surface area contributed by atoms with E-state index in [1.807, 2.05) is 31.6 Å². The molecule has 0 saturated carbocycles. The standard InChI is InChI=1S/C10H13N3OS/c1-4-11-9(14)8-5-7-6(2)12-13(3)10(7)15-8/h5H,4H2,1-3H3,(H,11,14). The van der Waals surface area contributed by atoms with Crippen molar-refractivity contribution in [3.05, 3.63) is 16.6 Å². The molecule has 4 nitrogen and oxygen atoms in total. The maximum absolute atomic E-state index is 11.6. The summed E-state index contributed by atoms with van der Waals surface area (Å²) >= 11 is 1.48. The van der Waals surface area contributed by atoms with Gasteiger partial charge in [-0.15, -0.1) is 11.3 Å². The third-order valence-corrected chi connectivity index (χ3v) is 3.46. The van der Waals surface area contributed by atoms with Crippen LogP contribution in [0.2, 0.25) is 0 Å². The van der Waals surface area contributed by atoms with E-state index in [0.717, 1.165) is 20.8 Å². The quantitative estimate of drug-likeness (QED) is 0.842. The van der Waals surface area contributed by atoms with E-state index in [0.29, 0.717) is 6.54 Å². The van der Waals surface area contributed by atoms with Crippen LogP contribution in [0.3, 0.4) is 0 Å². The molecule has 2 aromatic rings. The molecule has 0 aliphatic rings. The molecule has 0 radical (unpaired) electrons. The Morgan fingerprint density at radius 2 is 2.40 bits per heavy atom. The molecule has 1 amide bonds. The van der Waals surface area contributed by atoms with Crippen molar-refractivity contribution >= 4 is 27.5 Å². The van der Waals surface area contributed by atoms with Crippen LogP contribution < -0.4 is 5.32 Å². The number of carbonyl (C=O) groups excluding carboxylic acids is 1. The number of thiophene rings is 1. The first-order valence-electron chi connectivity index (χ1n) is 4.84. The maximum atomic E-state index is 11.6. The highest BCUT2D eigenvalue weighted by Gasteiger charge is 2.13. The van der Waals surface area contributed by atoms with Gasteiger partial charge in [-0.2, -0.15) is 5.10 Å². The van der Waals surface area contributed by atoms with Gasteiger partial charge in [0.2, 0.25) is 0 Å². The van der Waals surface area contributed by atoms with Crippen molar-refractivity contribution in [3.8, 4) is 0 Å². The number of rotatable bonds is 2. The van der Waals surface area contributed by atoms with E-state index in [4.69, 9.17) is 0 Å². The van der Waals surface area contributed by atoms with Gasteiger partial charge in [0.15, 0.2) is 0 Å². The van der Waals surface area contributed by atoms with Crippen molar-refractivity contribution in [2.45, 2.75) is 13.8 Å². The summed E-state index contributed by atoms with van der Waals surface area (Å²) in [6.07, 6.45) is 0. The van der Waals surface area contributed by atoms with Crippen molar-refractivity contribution in [2.24, 2.45) is 7.05 Å². The highest BCUT2D eigenvalue weighted by Crippen LogP contribution is 2.27. The molecule has 5 heteroatoms. The fourth-order valence-electron chi connectivity index (χ4n) is 1.56. The Morgan fingerprint density at radius 1 is 1.67 bits per heavy atom. The molecule has 2 heterocycles. The number of aromatic nitrogens is 2. The minimum atomic E-state index is -0.00176. The third-order valence-electron chi connectivity index (χ3n) is 2.26. The number of nitrogens with zero attached hydrogens (tertiary/aromatic N) is 2. The molecule has 0 bridgehead atoms. The number of hydrogen-bond acceptors (Lipinski definition) is 3. The fourth-order valence-corrected chi connectivity index (χ4v) is 2.60. The van der Waals surface area contributed by atoms with Crippen molar-refractivity contribution in [1.82, 2.24) is 15.1 Å². The van der Waals surface area contributed by atoms with Crippen LogP contribution in [0, 0.1) is 6.92 Å². The normalized spacial score (nSPS) is 10.9. The first kappa shape index (κ1) is 10.2. The van der Waals surface area contributed by atoms with E-state index in [1.54, 1.807) is 0 Å². The Morgan fingerprint density at radius 3 is 3.00 bits per heavy atom. The van der Waals surface area contributed by atoms with Gasteiger partial charge in [0.25, 0.3) is 5.91 Å². The monoisotopic (exact) mass is 223 g/mol. The number of aryl methyl sites for hydroxylation is 2. The Bertz CT molecular complexity index is 477. The van der Waals surface area contributed by atoms with E-state index >= 15 is 0 Å². The van der Waals surface area contributed by atoms with Crippen LogP contribution >= 0.6 is 11.3 Å². The first-order chi connectivity index (χ1) is 7.13. The zero-order chi connectivity index (χ0) is 11.0. The first-order valence-corrected chi connectivity index (χ1v) is 5.66. The number of hydrogen-bond donors (Lipinski definition) is 1.